The molecular formula is C16H15FNO. The smallest absolute Gasteiger partial charge is 0.131 e. The second-order valence-corrected chi connectivity index (χ2v) is 4.55. The summed E-state index contributed by atoms with van der Waals surface area (Å²) in [7, 11) is 0. The molecular weight excluding hydrogens is 241 g/mol. The zero-order chi connectivity index (χ0) is 13.1. The molecule has 2 nitrogen and oxygen atoms in total. The van der Waals surface area contributed by atoms with Crippen molar-refractivity contribution < 1.29 is 9.13 Å². The summed E-state index contributed by atoms with van der Waals surface area (Å²) in [5.74, 6) is -0.210. The summed E-state index contributed by atoms with van der Waals surface area (Å²) in [6.07, 6.45) is 0. The molecule has 0 aromatic heterocycles. The third kappa shape index (κ3) is 2.61. The van der Waals surface area contributed by atoms with Gasteiger partial charge >= 0.3 is 0 Å². The largest absolute Gasteiger partial charge is 0.378 e. The van der Waals surface area contributed by atoms with E-state index in [1.807, 2.05) is 24.3 Å². The monoisotopic (exact) mass is 256 g/mol. The van der Waals surface area contributed by atoms with Crippen LogP contribution in [0.15, 0.2) is 42.5 Å². The van der Waals surface area contributed by atoms with Crippen LogP contribution in [0.3, 0.4) is 0 Å². The van der Waals surface area contributed by atoms with Gasteiger partial charge in [0.1, 0.15) is 5.82 Å². The highest BCUT2D eigenvalue weighted by Crippen LogP contribution is 2.25. The Bertz CT molecular complexity index is 547. The molecule has 1 saturated heterocycles. The highest BCUT2D eigenvalue weighted by atomic mass is 19.1. The fourth-order valence-corrected chi connectivity index (χ4v) is 2.31. The molecule has 0 unspecified atom stereocenters. The van der Waals surface area contributed by atoms with E-state index in [0.717, 1.165) is 37.6 Å². The quantitative estimate of drug-likeness (QED) is 0.818. The van der Waals surface area contributed by atoms with Crippen molar-refractivity contribution in [3.63, 3.8) is 0 Å². The van der Waals surface area contributed by atoms with Crippen LogP contribution in [0.5, 0.6) is 0 Å². The maximum atomic E-state index is 13.7. The summed E-state index contributed by atoms with van der Waals surface area (Å²) in [5, 5.41) is 0. The summed E-state index contributed by atoms with van der Waals surface area (Å²) < 4.78 is 19.0. The molecule has 3 rings (SSSR count). The van der Waals surface area contributed by atoms with Crippen LogP contribution in [0.1, 0.15) is 0 Å². The molecule has 2 aromatic carbocycles. The molecule has 1 aliphatic heterocycles. The number of hydrogen-bond donors (Lipinski definition) is 0. The SMILES string of the molecule is Fc1cc[c]cc1-c1ccc(N2CCOCC2)cc1. The predicted molar refractivity (Wildman–Crippen MR) is 73.7 cm³/mol. The van der Waals surface area contributed by atoms with Gasteiger partial charge < -0.3 is 9.64 Å². The van der Waals surface area contributed by atoms with Crippen molar-refractivity contribution >= 4 is 5.69 Å². The molecule has 1 fully saturated rings. The van der Waals surface area contributed by atoms with Crippen LogP contribution < -0.4 is 4.90 Å². The van der Waals surface area contributed by atoms with Gasteiger partial charge in [0.15, 0.2) is 0 Å². The van der Waals surface area contributed by atoms with E-state index in [2.05, 4.69) is 11.0 Å². The average molecular weight is 256 g/mol. The zero-order valence-corrected chi connectivity index (χ0v) is 10.6. The van der Waals surface area contributed by atoms with Gasteiger partial charge in [-0.05, 0) is 35.9 Å². The van der Waals surface area contributed by atoms with Gasteiger partial charge in [-0.15, -0.1) is 0 Å². The van der Waals surface area contributed by atoms with Gasteiger partial charge in [-0.2, -0.15) is 0 Å². The predicted octanol–water partition coefficient (Wildman–Crippen LogP) is 3.13. The first-order chi connectivity index (χ1) is 9.34. The first-order valence-corrected chi connectivity index (χ1v) is 6.43. The summed E-state index contributed by atoms with van der Waals surface area (Å²) in [4.78, 5) is 2.28. The molecule has 0 amide bonds. The highest BCUT2D eigenvalue weighted by Gasteiger charge is 2.11. The Labute approximate surface area is 112 Å². The van der Waals surface area contributed by atoms with Crippen molar-refractivity contribution in [2.45, 2.75) is 0 Å². The van der Waals surface area contributed by atoms with Crippen LogP contribution in [0, 0.1) is 11.9 Å². The molecule has 1 radical (unpaired) electrons. The fraction of sp³-hybridized carbons (Fsp3) is 0.250. The van der Waals surface area contributed by atoms with Gasteiger partial charge in [0.2, 0.25) is 0 Å². The number of ether oxygens (including phenoxy) is 1. The first-order valence-electron chi connectivity index (χ1n) is 6.43. The van der Waals surface area contributed by atoms with Crippen LogP contribution in [0.25, 0.3) is 11.1 Å². The van der Waals surface area contributed by atoms with Crippen molar-refractivity contribution in [3.05, 3.63) is 54.3 Å². The van der Waals surface area contributed by atoms with Gasteiger partial charge in [0, 0.05) is 24.3 Å². The lowest BCUT2D eigenvalue weighted by molar-refractivity contribution is 0.122. The van der Waals surface area contributed by atoms with Crippen LogP contribution in [0.2, 0.25) is 0 Å². The molecule has 0 saturated carbocycles. The Morgan fingerprint density at radius 3 is 2.47 bits per heavy atom. The van der Waals surface area contributed by atoms with Crippen molar-refractivity contribution in [1.82, 2.24) is 0 Å². The normalized spacial score (nSPS) is 15.5. The lowest BCUT2D eigenvalue weighted by Crippen LogP contribution is -2.36. The van der Waals surface area contributed by atoms with Crippen molar-refractivity contribution in [1.29, 1.82) is 0 Å². The molecule has 1 aliphatic rings. The van der Waals surface area contributed by atoms with E-state index in [-0.39, 0.29) is 5.82 Å². The minimum absolute atomic E-state index is 0.210. The number of rotatable bonds is 2. The fourth-order valence-electron chi connectivity index (χ4n) is 2.31. The van der Waals surface area contributed by atoms with Crippen LogP contribution in [-0.2, 0) is 4.74 Å². The molecule has 1 heterocycles. The number of hydrogen-bond acceptors (Lipinski definition) is 2. The molecule has 0 spiro atoms. The standard InChI is InChI=1S/C16H15FNO/c17-16-4-2-1-3-15(16)13-5-7-14(8-6-13)18-9-11-19-12-10-18/h2-8H,9-12H2. The summed E-state index contributed by atoms with van der Waals surface area (Å²) in [6, 6.07) is 15.6. The number of nitrogens with zero attached hydrogens (tertiary/aromatic N) is 1. The number of halogens is 1. The number of benzene rings is 2. The molecule has 19 heavy (non-hydrogen) atoms. The molecule has 0 atom stereocenters. The van der Waals surface area contributed by atoms with E-state index < -0.39 is 0 Å². The summed E-state index contributed by atoms with van der Waals surface area (Å²) in [5.41, 5.74) is 2.63. The van der Waals surface area contributed by atoms with E-state index in [4.69, 9.17) is 4.74 Å². The lowest BCUT2D eigenvalue weighted by atomic mass is 10.0. The van der Waals surface area contributed by atoms with Crippen LogP contribution in [0.4, 0.5) is 10.1 Å². The van der Waals surface area contributed by atoms with Gasteiger partial charge in [-0.25, -0.2) is 4.39 Å². The summed E-state index contributed by atoms with van der Waals surface area (Å²) in [6.45, 7) is 3.35. The third-order valence-electron chi connectivity index (χ3n) is 3.37. The second kappa shape index (κ2) is 5.41. The first kappa shape index (κ1) is 12.2. The average Bonchev–Trinajstić information content (AvgIpc) is 2.49. The molecule has 97 valence electrons. The molecule has 0 N–H and O–H groups in total. The topological polar surface area (TPSA) is 12.5 Å². The van der Waals surface area contributed by atoms with Crippen molar-refractivity contribution in [2.24, 2.45) is 0 Å². The van der Waals surface area contributed by atoms with E-state index in [9.17, 15) is 4.39 Å². The van der Waals surface area contributed by atoms with Gasteiger partial charge in [0.05, 0.1) is 13.2 Å². The van der Waals surface area contributed by atoms with E-state index in [1.165, 1.54) is 6.07 Å². The van der Waals surface area contributed by atoms with E-state index >= 15 is 0 Å². The minimum Gasteiger partial charge on any atom is -0.378 e. The lowest BCUT2D eigenvalue weighted by Gasteiger charge is -2.28. The Morgan fingerprint density at radius 2 is 1.79 bits per heavy atom. The van der Waals surface area contributed by atoms with Crippen LogP contribution >= 0.6 is 0 Å². The van der Waals surface area contributed by atoms with E-state index in [0.29, 0.717) is 5.56 Å². The third-order valence-corrected chi connectivity index (χ3v) is 3.37. The maximum Gasteiger partial charge on any atom is 0.131 e. The molecule has 0 aliphatic carbocycles. The highest BCUT2D eigenvalue weighted by molar-refractivity contribution is 5.66. The van der Waals surface area contributed by atoms with E-state index in [1.54, 1.807) is 12.1 Å². The molecule has 0 bridgehead atoms. The molecule has 3 heteroatoms. The van der Waals surface area contributed by atoms with Crippen molar-refractivity contribution in [3.8, 4) is 11.1 Å². The van der Waals surface area contributed by atoms with Gasteiger partial charge in [-0.3, -0.25) is 0 Å². The van der Waals surface area contributed by atoms with Gasteiger partial charge in [0.25, 0.3) is 0 Å². The zero-order valence-electron chi connectivity index (χ0n) is 10.6. The van der Waals surface area contributed by atoms with Gasteiger partial charge in [-0.1, -0.05) is 18.2 Å². The Balaban J connectivity index is 1.84. The second-order valence-electron chi connectivity index (χ2n) is 4.55. The number of anilines is 1. The maximum absolute atomic E-state index is 13.7. The Hall–Kier alpha value is -1.87. The van der Waals surface area contributed by atoms with Crippen molar-refractivity contribution in [2.75, 3.05) is 31.2 Å². The Kier molecular flexibility index (Phi) is 3.47. The van der Waals surface area contributed by atoms with Crippen LogP contribution in [-0.4, -0.2) is 26.3 Å². The minimum atomic E-state index is -0.210. The number of morpholine rings is 1. The molecule has 2 aromatic rings. The Morgan fingerprint density at radius 1 is 1.05 bits per heavy atom. The summed E-state index contributed by atoms with van der Waals surface area (Å²) >= 11 is 0.